The van der Waals surface area contributed by atoms with E-state index in [0.717, 1.165) is 31.7 Å². The normalized spacial score (nSPS) is 16.5. The second-order valence-corrected chi connectivity index (χ2v) is 7.65. The van der Waals surface area contributed by atoms with Gasteiger partial charge in [0.25, 0.3) is 0 Å². The Morgan fingerprint density at radius 2 is 1.80 bits per heavy atom. The Morgan fingerprint density at radius 3 is 2.47 bits per heavy atom. The number of rotatable bonds is 5. The molecule has 0 spiro atoms. The quantitative estimate of drug-likeness (QED) is 0.675. The van der Waals surface area contributed by atoms with Crippen LogP contribution >= 0.6 is 0 Å². The van der Waals surface area contributed by atoms with Crippen LogP contribution in [0.1, 0.15) is 6.92 Å². The van der Waals surface area contributed by atoms with Crippen LogP contribution in [0.4, 0.5) is 0 Å². The van der Waals surface area contributed by atoms with Gasteiger partial charge in [-0.2, -0.15) is 0 Å². The van der Waals surface area contributed by atoms with Crippen LogP contribution in [0.15, 0.2) is 47.3 Å². The molecule has 7 nitrogen and oxygen atoms in total. The van der Waals surface area contributed by atoms with Gasteiger partial charge in [-0.3, -0.25) is 9.69 Å². The van der Waals surface area contributed by atoms with E-state index in [-0.39, 0.29) is 22.8 Å². The number of fused-ring (bicyclic) bond motifs is 1. The summed E-state index contributed by atoms with van der Waals surface area (Å²) < 4.78 is 11.8. The second kappa shape index (κ2) is 8.38. The summed E-state index contributed by atoms with van der Waals surface area (Å²) in [5, 5.41) is 10.8. The van der Waals surface area contributed by atoms with Crippen LogP contribution in [-0.4, -0.2) is 66.5 Å². The maximum absolute atomic E-state index is 12.8. The van der Waals surface area contributed by atoms with E-state index in [2.05, 4.69) is 21.8 Å². The highest BCUT2D eigenvalue weighted by Gasteiger charge is 2.24. The van der Waals surface area contributed by atoms with Gasteiger partial charge in [-0.25, -0.2) is 0 Å². The number of aromatic hydroxyl groups is 1. The van der Waals surface area contributed by atoms with Crippen molar-refractivity contribution in [2.45, 2.75) is 13.2 Å². The molecule has 0 bridgehead atoms. The number of nitrogens with zero attached hydrogens (tertiary/aromatic N) is 2. The fraction of sp³-hybridized carbons (Fsp3) is 0.348. The minimum atomic E-state index is -0.280. The highest BCUT2D eigenvalue weighted by molar-refractivity contribution is 5.93. The van der Waals surface area contributed by atoms with E-state index in [1.807, 2.05) is 37.3 Å². The molecule has 1 aliphatic heterocycles. The molecule has 1 unspecified atom stereocenters. The minimum absolute atomic E-state index is 0.132. The van der Waals surface area contributed by atoms with Crippen LogP contribution in [0.5, 0.6) is 17.2 Å². The third kappa shape index (κ3) is 3.86. The molecule has 0 radical (unpaired) electrons. The largest absolute Gasteiger partial charge is 0.507 e. The van der Waals surface area contributed by atoms with E-state index >= 15 is 0 Å². The van der Waals surface area contributed by atoms with Gasteiger partial charge in [-0.05, 0) is 19.5 Å². The summed E-state index contributed by atoms with van der Waals surface area (Å²) in [6.07, 6.45) is -0.200. The first-order valence-electron chi connectivity index (χ1n) is 10.1. The van der Waals surface area contributed by atoms with Crippen LogP contribution < -0.4 is 14.9 Å². The summed E-state index contributed by atoms with van der Waals surface area (Å²) >= 11 is 0. The molecule has 2 aromatic carbocycles. The van der Waals surface area contributed by atoms with Gasteiger partial charge in [0.1, 0.15) is 17.5 Å². The Kier molecular flexibility index (Phi) is 5.65. The van der Waals surface area contributed by atoms with Gasteiger partial charge in [0, 0.05) is 44.0 Å². The number of piperazine rings is 1. The Bertz CT molecular complexity index is 1090. The Hall–Kier alpha value is -3.03. The molecular formula is C23H27N3O4. The van der Waals surface area contributed by atoms with E-state index in [1.165, 1.54) is 19.2 Å². The lowest BCUT2D eigenvalue weighted by molar-refractivity contribution is 0.00771. The molecule has 1 atom stereocenters. The zero-order chi connectivity index (χ0) is 21.3. The van der Waals surface area contributed by atoms with Gasteiger partial charge < -0.3 is 24.5 Å². The summed E-state index contributed by atoms with van der Waals surface area (Å²) in [5.74, 6) is 0.667. The molecule has 2 heterocycles. The van der Waals surface area contributed by atoms with Crippen molar-refractivity contribution < 1.29 is 14.6 Å². The smallest absolute Gasteiger partial charge is 0.193 e. The van der Waals surface area contributed by atoms with E-state index < -0.39 is 0 Å². The van der Waals surface area contributed by atoms with Gasteiger partial charge >= 0.3 is 0 Å². The van der Waals surface area contributed by atoms with E-state index in [4.69, 9.17) is 9.47 Å². The number of likely N-dealkylation sites (N-methyl/N-ethyl adjacent to an activating group) is 1. The second-order valence-electron chi connectivity index (χ2n) is 7.65. The molecule has 30 heavy (non-hydrogen) atoms. The summed E-state index contributed by atoms with van der Waals surface area (Å²) in [4.78, 5) is 20.6. The number of phenols is 1. The van der Waals surface area contributed by atoms with Gasteiger partial charge in [0.15, 0.2) is 16.9 Å². The molecule has 0 aliphatic carbocycles. The standard InChI is InChI=1S/C23H27N3O4/c1-15(26-11-9-25(2)10-12-26)30-20-14-19(28)21-18(27)13-17(16-7-5-4-6-8-16)24-22(21)23(20)29-3/h4-8,13-15,28H,9-12H2,1-3H3,(H,24,27). The maximum Gasteiger partial charge on any atom is 0.193 e. The molecule has 158 valence electrons. The zero-order valence-electron chi connectivity index (χ0n) is 17.5. The van der Waals surface area contributed by atoms with Crippen molar-refractivity contribution in [3.63, 3.8) is 0 Å². The Morgan fingerprint density at radius 1 is 1.10 bits per heavy atom. The van der Waals surface area contributed by atoms with E-state index in [1.54, 1.807) is 0 Å². The molecule has 1 aromatic heterocycles. The number of hydrogen-bond donors (Lipinski definition) is 2. The summed E-state index contributed by atoms with van der Waals surface area (Å²) in [7, 11) is 3.64. The van der Waals surface area contributed by atoms with Crippen molar-refractivity contribution in [3.05, 3.63) is 52.7 Å². The van der Waals surface area contributed by atoms with E-state index in [9.17, 15) is 9.90 Å². The number of pyridine rings is 1. The topological polar surface area (TPSA) is 78.0 Å². The third-order valence-electron chi connectivity index (χ3n) is 5.64. The lowest BCUT2D eigenvalue weighted by Gasteiger charge is -2.36. The zero-order valence-corrected chi connectivity index (χ0v) is 17.5. The van der Waals surface area contributed by atoms with Crippen molar-refractivity contribution in [3.8, 4) is 28.5 Å². The number of methoxy groups -OCH3 is 1. The molecule has 1 fully saturated rings. The first-order chi connectivity index (χ1) is 14.5. The number of ether oxygens (including phenoxy) is 2. The fourth-order valence-corrected chi connectivity index (χ4v) is 3.88. The van der Waals surface area contributed by atoms with Gasteiger partial charge in [0.2, 0.25) is 0 Å². The highest BCUT2D eigenvalue weighted by atomic mass is 16.5. The first-order valence-corrected chi connectivity index (χ1v) is 10.1. The number of aromatic amines is 1. The Labute approximate surface area is 175 Å². The van der Waals surface area contributed by atoms with Crippen LogP contribution in [0.25, 0.3) is 22.2 Å². The number of aromatic nitrogens is 1. The predicted octanol–water partition coefficient (Wildman–Crippen LogP) is 2.88. The van der Waals surface area contributed by atoms with Gasteiger partial charge in [0.05, 0.1) is 12.5 Å². The van der Waals surface area contributed by atoms with Crippen molar-refractivity contribution in [1.29, 1.82) is 0 Å². The molecular weight excluding hydrogens is 382 g/mol. The van der Waals surface area contributed by atoms with Crippen molar-refractivity contribution in [2.24, 2.45) is 0 Å². The minimum Gasteiger partial charge on any atom is -0.507 e. The van der Waals surface area contributed by atoms with Crippen LogP contribution in [-0.2, 0) is 0 Å². The molecule has 7 heteroatoms. The van der Waals surface area contributed by atoms with Crippen molar-refractivity contribution in [1.82, 2.24) is 14.8 Å². The summed E-state index contributed by atoms with van der Waals surface area (Å²) in [6.45, 7) is 5.72. The molecule has 4 rings (SSSR count). The number of nitrogens with one attached hydrogen (secondary N) is 1. The summed E-state index contributed by atoms with van der Waals surface area (Å²) in [5.41, 5.74) is 1.66. The van der Waals surface area contributed by atoms with Crippen LogP contribution in [0.2, 0.25) is 0 Å². The SMILES string of the molecule is COc1c(OC(C)N2CCN(C)CC2)cc(O)c2c(=O)cc(-c3ccccc3)[nH]c12. The average Bonchev–Trinajstić information content (AvgIpc) is 2.74. The lowest BCUT2D eigenvalue weighted by atomic mass is 10.1. The molecule has 0 saturated carbocycles. The predicted molar refractivity (Wildman–Crippen MR) is 117 cm³/mol. The molecule has 3 aromatic rings. The highest BCUT2D eigenvalue weighted by Crippen LogP contribution is 2.40. The number of hydrogen-bond acceptors (Lipinski definition) is 6. The molecule has 0 amide bonds. The van der Waals surface area contributed by atoms with Gasteiger partial charge in [-0.1, -0.05) is 30.3 Å². The maximum atomic E-state index is 12.8. The number of phenolic OH excluding ortho intramolecular Hbond substituents is 1. The number of benzene rings is 2. The fourth-order valence-electron chi connectivity index (χ4n) is 3.88. The average molecular weight is 409 g/mol. The molecule has 1 aliphatic rings. The van der Waals surface area contributed by atoms with Crippen molar-refractivity contribution in [2.75, 3.05) is 40.3 Å². The number of H-pyrrole nitrogens is 1. The summed E-state index contributed by atoms with van der Waals surface area (Å²) in [6, 6.07) is 12.5. The Balaban J connectivity index is 1.76. The third-order valence-corrected chi connectivity index (χ3v) is 5.64. The first kappa shape index (κ1) is 20.3. The molecule has 1 saturated heterocycles. The monoisotopic (exact) mass is 409 g/mol. The van der Waals surface area contributed by atoms with Gasteiger partial charge in [-0.15, -0.1) is 0 Å². The van der Waals surface area contributed by atoms with E-state index in [0.29, 0.717) is 22.7 Å². The van der Waals surface area contributed by atoms with Crippen molar-refractivity contribution >= 4 is 10.9 Å². The van der Waals surface area contributed by atoms with Crippen LogP contribution in [0, 0.1) is 0 Å². The lowest BCUT2D eigenvalue weighted by Crippen LogP contribution is -2.49. The molecule has 2 N–H and O–H groups in total. The van der Waals surface area contributed by atoms with Crippen LogP contribution in [0.3, 0.4) is 0 Å².